The van der Waals surface area contributed by atoms with Crippen molar-refractivity contribution in [1.82, 2.24) is 5.32 Å². The Morgan fingerprint density at radius 2 is 2.11 bits per heavy atom. The first-order valence-electron chi connectivity index (χ1n) is 5.58. The summed E-state index contributed by atoms with van der Waals surface area (Å²) >= 11 is 0. The SMILES string of the molecule is CCN(CC(=O)NC)c1ccc(N)c(C(=O)O)c1. The van der Waals surface area contributed by atoms with Crippen molar-refractivity contribution in [3.63, 3.8) is 0 Å². The van der Waals surface area contributed by atoms with Crippen LogP contribution >= 0.6 is 0 Å². The van der Waals surface area contributed by atoms with Gasteiger partial charge < -0.3 is 21.1 Å². The van der Waals surface area contributed by atoms with Gasteiger partial charge in [0.05, 0.1) is 12.1 Å². The van der Waals surface area contributed by atoms with Crippen molar-refractivity contribution in [2.75, 3.05) is 30.8 Å². The van der Waals surface area contributed by atoms with Crippen LogP contribution in [0.5, 0.6) is 0 Å². The number of benzene rings is 1. The van der Waals surface area contributed by atoms with E-state index < -0.39 is 5.97 Å². The predicted molar refractivity (Wildman–Crippen MR) is 69.8 cm³/mol. The number of nitrogen functional groups attached to an aromatic ring is 1. The van der Waals surface area contributed by atoms with Crippen LogP contribution < -0.4 is 16.0 Å². The minimum atomic E-state index is -1.08. The number of aromatic carboxylic acids is 1. The molecule has 1 aromatic rings. The predicted octanol–water partition coefficient (Wildman–Crippen LogP) is 0.539. The molecule has 1 amide bonds. The molecule has 0 aliphatic rings. The maximum absolute atomic E-state index is 11.3. The van der Waals surface area contributed by atoms with Gasteiger partial charge >= 0.3 is 5.97 Å². The highest BCUT2D eigenvalue weighted by molar-refractivity contribution is 5.95. The molecule has 6 heteroatoms. The van der Waals surface area contributed by atoms with E-state index in [4.69, 9.17) is 10.8 Å². The van der Waals surface area contributed by atoms with Crippen LogP contribution in [0.15, 0.2) is 18.2 Å². The van der Waals surface area contributed by atoms with Crippen molar-refractivity contribution in [1.29, 1.82) is 0 Å². The Morgan fingerprint density at radius 1 is 1.44 bits per heavy atom. The summed E-state index contributed by atoms with van der Waals surface area (Å²) in [6.45, 7) is 2.66. The fourth-order valence-corrected chi connectivity index (χ4v) is 1.56. The number of nitrogens with two attached hydrogens (primary N) is 1. The number of carbonyl (C=O) groups excluding carboxylic acids is 1. The topological polar surface area (TPSA) is 95.7 Å². The molecule has 1 aromatic carbocycles. The average Bonchev–Trinajstić information content (AvgIpc) is 2.36. The van der Waals surface area contributed by atoms with Gasteiger partial charge in [-0.1, -0.05) is 0 Å². The Labute approximate surface area is 105 Å². The molecule has 0 bridgehead atoms. The van der Waals surface area contributed by atoms with Gasteiger partial charge in [-0.05, 0) is 25.1 Å². The van der Waals surface area contributed by atoms with Crippen LogP contribution in [0.3, 0.4) is 0 Å². The third-order valence-electron chi connectivity index (χ3n) is 2.63. The zero-order valence-electron chi connectivity index (χ0n) is 10.4. The van der Waals surface area contributed by atoms with Gasteiger partial charge in [0.1, 0.15) is 0 Å². The standard InChI is InChI=1S/C12H17N3O3/c1-3-15(7-11(16)14-2)8-4-5-10(13)9(6-8)12(17)18/h4-6H,3,7,13H2,1-2H3,(H,14,16)(H,17,18). The summed E-state index contributed by atoms with van der Waals surface area (Å²) in [4.78, 5) is 24.1. The Bertz CT molecular complexity index is 460. The van der Waals surface area contributed by atoms with Gasteiger partial charge in [0.15, 0.2) is 0 Å². The molecular weight excluding hydrogens is 234 g/mol. The second-order valence-corrected chi connectivity index (χ2v) is 3.76. The van der Waals surface area contributed by atoms with Crippen molar-refractivity contribution in [3.05, 3.63) is 23.8 Å². The molecule has 0 aliphatic carbocycles. The number of rotatable bonds is 5. The quantitative estimate of drug-likeness (QED) is 0.664. The normalized spacial score (nSPS) is 9.89. The lowest BCUT2D eigenvalue weighted by Gasteiger charge is -2.22. The molecule has 0 spiro atoms. The number of anilines is 2. The largest absolute Gasteiger partial charge is 0.478 e. The summed E-state index contributed by atoms with van der Waals surface area (Å²) in [7, 11) is 1.56. The zero-order chi connectivity index (χ0) is 13.7. The first-order valence-corrected chi connectivity index (χ1v) is 5.58. The van der Waals surface area contributed by atoms with Crippen LogP contribution in [0.4, 0.5) is 11.4 Å². The number of likely N-dealkylation sites (N-methyl/N-ethyl adjacent to an activating group) is 2. The third kappa shape index (κ3) is 3.13. The van der Waals surface area contributed by atoms with Crippen LogP contribution in [0.2, 0.25) is 0 Å². The van der Waals surface area contributed by atoms with Crippen molar-refractivity contribution < 1.29 is 14.7 Å². The van der Waals surface area contributed by atoms with E-state index in [1.165, 1.54) is 12.1 Å². The van der Waals surface area contributed by atoms with E-state index in [9.17, 15) is 9.59 Å². The van der Waals surface area contributed by atoms with Gasteiger partial charge in [-0.25, -0.2) is 4.79 Å². The number of nitrogens with zero attached hydrogens (tertiary/aromatic N) is 1. The number of carbonyl (C=O) groups is 2. The number of amides is 1. The first kappa shape index (κ1) is 13.8. The van der Waals surface area contributed by atoms with E-state index in [1.54, 1.807) is 18.0 Å². The summed E-state index contributed by atoms with van der Waals surface area (Å²) in [6.07, 6.45) is 0. The minimum absolute atomic E-state index is 0.0443. The number of carboxylic acid groups (broad SMARTS) is 1. The van der Waals surface area contributed by atoms with Crippen molar-refractivity contribution in [2.45, 2.75) is 6.92 Å². The molecule has 0 aromatic heterocycles. The number of hydrogen-bond acceptors (Lipinski definition) is 4. The smallest absolute Gasteiger partial charge is 0.337 e. The zero-order valence-corrected chi connectivity index (χ0v) is 10.4. The highest BCUT2D eigenvalue weighted by atomic mass is 16.4. The lowest BCUT2D eigenvalue weighted by Crippen LogP contribution is -2.35. The molecule has 0 saturated heterocycles. The monoisotopic (exact) mass is 251 g/mol. The number of nitrogens with one attached hydrogen (secondary N) is 1. The maximum atomic E-state index is 11.3. The van der Waals surface area contributed by atoms with Gasteiger partial charge in [-0.3, -0.25) is 4.79 Å². The molecule has 6 nitrogen and oxygen atoms in total. The van der Waals surface area contributed by atoms with E-state index in [-0.39, 0.29) is 23.7 Å². The van der Waals surface area contributed by atoms with Crippen LogP contribution in [0.25, 0.3) is 0 Å². The Hall–Kier alpha value is -2.24. The lowest BCUT2D eigenvalue weighted by atomic mass is 10.1. The summed E-state index contributed by atoms with van der Waals surface area (Å²) in [6, 6.07) is 4.71. The van der Waals surface area contributed by atoms with Crippen molar-refractivity contribution in [2.24, 2.45) is 0 Å². The summed E-state index contributed by atoms with van der Waals surface area (Å²) < 4.78 is 0. The third-order valence-corrected chi connectivity index (χ3v) is 2.63. The minimum Gasteiger partial charge on any atom is -0.478 e. The molecule has 18 heavy (non-hydrogen) atoms. The van der Waals surface area contributed by atoms with Crippen LogP contribution in [-0.4, -0.2) is 37.1 Å². The molecule has 0 fully saturated rings. The number of carboxylic acids is 1. The molecule has 0 radical (unpaired) electrons. The van der Waals surface area contributed by atoms with Gasteiger partial charge in [0.2, 0.25) is 5.91 Å². The maximum Gasteiger partial charge on any atom is 0.337 e. The summed E-state index contributed by atoms with van der Waals surface area (Å²) in [5.41, 5.74) is 6.50. The molecule has 0 aliphatic heterocycles. The molecule has 0 unspecified atom stereocenters. The first-order chi connectivity index (χ1) is 8.49. The highest BCUT2D eigenvalue weighted by Gasteiger charge is 2.13. The molecule has 0 heterocycles. The van der Waals surface area contributed by atoms with E-state index in [0.29, 0.717) is 12.2 Å². The number of hydrogen-bond donors (Lipinski definition) is 3. The van der Waals surface area contributed by atoms with Crippen molar-refractivity contribution >= 4 is 23.3 Å². The Kier molecular flexibility index (Phi) is 4.53. The highest BCUT2D eigenvalue weighted by Crippen LogP contribution is 2.21. The lowest BCUT2D eigenvalue weighted by molar-refractivity contribution is -0.119. The van der Waals surface area contributed by atoms with E-state index in [2.05, 4.69) is 5.32 Å². The average molecular weight is 251 g/mol. The molecule has 0 saturated carbocycles. The van der Waals surface area contributed by atoms with E-state index >= 15 is 0 Å². The molecular formula is C12H17N3O3. The molecule has 1 rings (SSSR count). The summed E-state index contributed by atoms with van der Waals surface area (Å²) in [5.74, 6) is -1.21. The fraction of sp³-hybridized carbons (Fsp3) is 0.333. The molecule has 0 atom stereocenters. The van der Waals surface area contributed by atoms with Gasteiger partial charge in [0.25, 0.3) is 0 Å². The van der Waals surface area contributed by atoms with E-state index in [1.807, 2.05) is 6.92 Å². The van der Waals surface area contributed by atoms with Crippen LogP contribution in [-0.2, 0) is 4.79 Å². The summed E-state index contributed by atoms with van der Waals surface area (Å²) in [5, 5.41) is 11.5. The van der Waals surface area contributed by atoms with E-state index in [0.717, 1.165) is 0 Å². The molecule has 4 N–H and O–H groups in total. The van der Waals surface area contributed by atoms with Crippen LogP contribution in [0.1, 0.15) is 17.3 Å². The van der Waals surface area contributed by atoms with Crippen LogP contribution in [0, 0.1) is 0 Å². The van der Waals surface area contributed by atoms with Gasteiger partial charge in [0, 0.05) is 25.0 Å². The second kappa shape index (κ2) is 5.90. The Morgan fingerprint density at radius 3 is 2.61 bits per heavy atom. The Balaban J connectivity index is 3.03. The second-order valence-electron chi connectivity index (χ2n) is 3.76. The van der Waals surface area contributed by atoms with Crippen molar-refractivity contribution in [3.8, 4) is 0 Å². The fourth-order valence-electron chi connectivity index (χ4n) is 1.56. The van der Waals surface area contributed by atoms with Gasteiger partial charge in [-0.15, -0.1) is 0 Å². The molecule has 98 valence electrons. The van der Waals surface area contributed by atoms with Gasteiger partial charge in [-0.2, -0.15) is 0 Å².